The predicted octanol–water partition coefficient (Wildman–Crippen LogP) is 3.37. The lowest BCUT2D eigenvalue weighted by Crippen LogP contribution is -2.21. The first-order chi connectivity index (χ1) is 6.09. The minimum atomic E-state index is 0.574. The van der Waals surface area contributed by atoms with E-state index < -0.39 is 0 Å². The topological polar surface area (TPSA) is 12.0 Å². The summed E-state index contributed by atoms with van der Waals surface area (Å²) in [5, 5.41) is 3.42. The van der Waals surface area contributed by atoms with Crippen LogP contribution in [-0.4, -0.2) is 6.04 Å². The van der Waals surface area contributed by atoms with Crippen LogP contribution in [0.15, 0.2) is 12.1 Å². The maximum absolute atomic E-state index is 3.42. The molecular formula is C11H19NS. The van der Waals surface area contributed by atoms with E-state index in [1.807, 2.05) is 11.3 Å². The number of thiophene rings is 1. The largest absolute Gasteiger partial charge is 0.310 e. The molecule has 1 nitrogen and oxygen atoms in total. The van der Waals surface area contributed by atoms with Gasteiger partial charge in [-0.3, -0.25) is 0 Å². The molecule has 0 aromatic carbocycles. The Morgan fingerprint density at radius 1 is 1.23 bits per heavy atom. The van der Waals surface area contributed by atoms with Crippen LogP contribution >= 0.6 is 11.3 Å². The Balaban J connectivity index is 2.49. The van der Waals surface area contributed by atoms with Crippen molar-refractivity contribution in [3.8, 4) is 0 Å². The van der Waals surface area contributed by atoms with E-state index >= 15 is 0 Å². The summed E-state index contributed by atoms with van der Waals surface area (Å²) in [6.45, 7) is 9.85. The SMILES string of the molecule is CC(C)NCc1ccc(C(C)C)s1. The molecule has 0 radical (unpaired) electrons. The van der Waals surface area contributed by atoms with Crippen LogP contribution in [0.25, 0.3) is 0 Å². The summed E-state index contributed by atoms with van der Waals surface area (Å²) < 4.78 is 0. The number of nitrogens with one attached hydrogen (secondary N) is 1. The minimum Gasteiger partial charge on any atom is -0.310 e. The molecule has 2 heteroatoms. The lowest BCUT2D eigenvalue weighted by Gasteiger charge is -2.05. The van der Waals surface area contributed by atoms with Crippen LogP contribution in [0, 0.1) is 0 Å². The average Bonchev–Trinajstić information content (AvgIpc) is 2.48. The van der Waals surface area contributed by atoms with E-state index in [9.17, 15) is 0 Å². The fourth-order valence-corrected chi connectivity index (χ4v) is 2.07. The molecule has 1 rings (SSSR count). The van der Waals surface area contributed by atoms with E-state index in [0.29, 0.717) is 12.0 Å². The van der Waals surface area contributed by atoms with Gasteiger partial charge in [-0.15, -0.1) is 11.3 Å². The van der Waals surface area contributed by atoms with Gasteiger partial charge in [-0.2, -0.15) is 0 Å². The van der Waals surface area contributed by atoms with Crippen molar-refractivity contribution in [1.82, 2.24) is 5.32 Å². The molecule has 0 aliphatic carbocycles. The summed E-state index contributed by atoms with van der Waals surface area (Å²) >= 11 is 1.92. The Morgan fingerprint density at radius 2 is 1.92 bits per heavy atom. The van der Waals surface area contributed by atoms with Gasteiger partial charge < -0.3 is 5.32 Å². The van der Waals surface area contributed by atoms with Crippen LogP contribution in [0.1, 0.15) is 43.4 Å². The van der Waals surface area contributed by atoms with Crippen LogP contribution in [0.5, 0.6) is 0 Å². The number of rotatable bonds is 4. The van der Waals surface area contributed by atoms with Gasteiger partial charge in [-0.1, -0.05) is 27.7 Å². The summed E-state index contributed by atoms with van der Waals surface area (Å²) in [5.74, 6) is 0.665. The van der Waals surface area contributed by atoms with Crippen molar-refractivity contribution in [2.45, 2.75) is 46.2 Å². The van der Waals surface area contributed by atoms with Gasteiger partial charge in [0, 0.05) is 22.3 Å². The third-order valence-corrected chi connectivity index (χ3v) is 3.32. The molecule has 0 aliphatic rings. The summed E-state index contributed by atoms with van der Waals surface area (Å²) in [5.41, 5.74) is 0. The molecule has 0 fully saturated rings. The Kier molecular flexibility index (Phi) is 3.94. The van der Waals surface area contributed by atoms with Crippen molar-refractivity contribution in [2.24, 2.45) is 0 Å². The smallest absolute Gasteiger partial charge is 0.0302 e. The molecule has 0 amide bonds. The zero-order chi connectivity index (χ0) is 9.84. The van der Waals surface area contributed by atoms with Crippen LogP contribution in [0.3, 0.4) is 0 Å². The Morgan fingerprint density at radius 3 is 2.38 bits per heavy atom. The Hall–Kier alpha value is -0.340. The van der Waals surface area contributed by atoms with Gasteiger partial charge in [0.05, 0.1) is 0 Å². The molecule has 1 aromatic rings. The second-order valence-corrected chi connectivity index (χ2v) is 5.19. The first kappa shape index (κ1) is 10.7. The van der Waals surface area contributed by atoms with Gasteiger partial charge in [-0.05, 0) is 18.1 Å². The molecule has 13 heavy (non-hydrogen) atoms. The molecule has 0 aliphatic heterocycles. The lowest BCUT2D eigenvalue weighted by molar-refractivity contribution is 0.593. The van der Waals surface area contributed by atoms with Crippen LogP contribution in [-0.2, 0) is 6.54 Å². The minimum absolute atomic E-state index is 0.574. The highest BCUT2D eigenvalue weighted by Crippen LogP contribution is 2.23. The van der Waals surface area contributed by atoms with Crippen molar-refractivity contribution in [1.29, 1.82) is 0 Å². The molecule has 1 N–H and O–H groups in total. The van der Waals surface area contributed by atoms with Crippen molar-refractivity contribution in [3.63, 3.8) is 0 Å². The monoisotopic (exact) mass is 197 g/mol. The number of hydrogen-bond acceptors (Lipinski definition) is 2. The zero-order valence-corrected chi connectivity index (χ0v) is 9.74. The molecule has 0 bridgehead atoms. The highest BCUT2D eigenvalue weighted by molar-refractivity contribution is 7.12. The first-order valence-corrected chi connectivity index (χ1v) is 5.73. The summed E-state index contributed by atoms with van der Waals surface area (Å²) in [6.07, 6.45) is 0. The van der Waals surface area contributed by atoms with Gasteiger partial charge in [0.15, 0.2) is 0 Å². The van der Waals surface area contributed by atoms with Crippen molar-refractivity contribution in [3.05, 3.63) is 21.9 Å². The average molecular weight is 197 g/mol. The van der Waals surface area contributed by atoms with Crippen LogP contribution < -0.4 is 5.32 Å². The van der Waals surface area contributed by atoms with E-state index in [1.54, 1.807) is 0 Å². The summed E-state index contributed by atoms with van der Waals surface area (Å²) in [6, 6.07) is 5.05. The standard InChI is InChI=1S/C11H19NS/c1-8(2)11-6-5-10(13-11)7-12-9(3)4/h5-6,8-9,12H,7H2,1-4H3. The van der Waals surface area contributed by atoms with E-state index in [-0.39, 0.29) is 0 Å². The Labute approximate surface area is 85.2 Å². The molecule has 1 heterocycles. The summed E-state index contributed by atoms with van der Waals surface area (Å²) in [4.78, 5) is 2.93. The van der Waals surface area contributed by atoms with Gasteiger partial charge in [0.25, 0.3) is 0 Å². The summed E-state index contributed by atoms with van der Waals surface area (Å²) in [7, 11) is 0. The molecule has 0 atom stereocenters. The second-order valence-electron chi connectivity index (χ2n) is 3.99. The number of hydrogen-bond donors (Lipinski definition) is 1. The molecular weight excluding hydrogens is 178 g/mol. The highest BCUT2D eigenvalue weighted by atomic mass is 32.1. The van der Waals surface area contributed by atoms with E-state index in [4.69, 9.17) is 0 Å². The van der Waals surface area contributed by atoms with Crippen LogP contribution in [0.4, 0.5) is 0 Å². The van der Waals surface area contributed by atoms with E-state index in [0.717, 1.165) is 6.54 Å². The van der Waals surface area contributed by atoms with Gasteiger partial charge >= 0.3 is 0 Å². The lowest BCUT2D eigenvalue weighted by atomic mass is 10.2. The third kappa shape index (κ3) is 3.49. The van der Waals surface area contributed by atoms with Gasteiger partial charge in [-0.25, -0.2) is 0 Å². The van der Waals surface area contributed by atoms with Crippen molar-refractivity contribution < 1.29 is 0 Å². The normalized spacial score (nSPS) is 11.5. The molecule has 0 spiro atoms. The highest BCUT2D eigenvalue weighted by Gasteiger charge is 2.03. The second kappa shape index (κ2) is 4.77. The fraction of sp³-hybridized carbons (Fsp3) is 0.636. The molecule has 0 unspecified atom stereocenters. The van der Waals surface area contributed by atoms with Gasteiger partial charge in [0.1, 0.15) is 0 Å². The third-order valence-electron chi connectivity index (χ3n) is 1.94. The van der Waals surface area contributed by atoms with Crippen LogP contribution in [0.2, 0.25) is 0 Å². The molecule has 0 saturated carbocycles. The predicted molar refractivity (Wildman–Crippen MR) is 60.4 cm³/mol. The molecule has 1 aromatic heterocycles. The first-order valence-electron chi connectivity index (χ1n) is 4.91. The van der Waals surface area contributed by atoms with Crippen molar-refractivity contribution in [2.75, 3.05) is 0 Å². The van der Waals surface area contributed by atoms with E-state index in [2.05, 4.69) is 45.1 Å². The molecule has 74 valence electrons. The Bertz CT molecular complexity index is 250. The maximum atomic E-state index is 3.42. The quantitative estimate of drug-likeness (QED) is 0.780. The maximum Gasteiger partial charge on any atom is 0.0302 e. The fourth-order valence-electron chi connectivity index (χ4n) is 1.10. The van der Waals surface area contributed by atoms with E-state index in [1.165, 1.54) is 9.75 Å². The zero-order valence-electron chi connectivity index (χ0n) is 8.92. The van der Waals surface area contributed by atoms with Crippen molar-refractivity contribution >= 4 is 11.3 Å². The van der Waals surface area contributed by atoms with Gasteiger partial charge in [0.2, 0.25) is 0 Å². The molecule has 0 saturated heterocycles.